The van der Waals surface area contributed by atoms with Gasteiger partial charge in [0.2, 0.25) is 0 Å². The average Bonchev–Trinajstić information content (AvgIpc) is 2.72. The molecular formula is C23H21N3O2. The number of benzene rings is 3. The van der Waals surface area contributed by atoms with Gasteiger partial charge < -0.3 is 9.32 Å². The zero-order chi connectivity index (χ0) is 19.5. The summed E-state index contributed by atoms with van der Waals surface area (Å²) in [4.78, 5) is 19.4. The smallest absolute Gasteiger partial charge is 0.190 e. The predicted octanol–water partition coefficient (Wildman–Crippen LogP) is 4.97. The highest BCUT2D eigenvalue weighted by atomic mass is 16.3. The molecule has 5 heteroatoms. The van der Waals surface area contributed by atoms with E-state index >= 15 is 0 Å². The molecule has 1 heterocycles. The van der Waals surface area contributed by atoms with Crippen molar-refractivity contribution < 1.29 is 4.42 Å². The molecule has 5 nitrogen and oxygen atoms in total. The monoisotopic (exact) mass is 371 g/mol. The molecule has 28 heavy (non-hydrogen) atoms. The molecule has 0 bridgehead atoms. The molecule has 2 aromatic rings. The Kier molecular flexibility index (Phi) is 4.94. The minimum absolute atomic E-state index is 0.0669. The number of hydrogen-bond donors (Lipinski definition) is 0. The minimum atomic E-state index is -0.0669. The quantitative estimate of drug-likeness (QED) is 0.354. The summed E-state index contributed by atoms with van der Waals surface area (Å²) >= 11 is 0. The van der Waals surface area contributed by atoms with Crippen LogP contribution in [0.5, 0.6) is 0 Å². The SMILES string of the molecule is CCCCN(CCC#N)c1ccc2nc3c4ccccc4c(=O)cc-3oc2c1. The van der Waals surface area contributed by atoms with E-state index in [0.717, 1.165) is 36.0 Å². The van der Waals surface area contributed by atoms with Gasteiger partial charge in [0.15, 0.2) is 16.8 Å². The van der Waals surface area contributed by atoms with Crippen molar-refractivity contribution in [3.05, 3.63) is 58.8 Å². The number of hydrogen-bond acceptors (Lipinski definition) is 5. The van der Waals surface area contributed by atoms with E-state index in [1.807, 2.05) is 42.5 Å². The fraction of sp³-hybridized carbons (Fsp3) is 0.261. The van der Waals surface area contributed by atoms with E-state index in [4.69, 9.17) is 14.7 Å². The molecule has 0 spiro atoms. The summed E-state index contributed by atoms with van der Waals surface area (Å²) in [6.07, 6.45) is 2.62. The average molecular weight is 371 g/mol. The molecule has 0 fully saturated rings. The third-order valence-electron chi connectivity index (χ3n) is 4.98. The summed E-state index contributed by atoms with van der Waals surface area (Å²) in [5.41, 5.74) is 3.02. The van der Waals surface area contributed by atoms with Gasteiger partial charge in [0.05, 0.1) is 12.5 Å². The van der Waals surface area contributed by atoms with E-state index in [2.05, 4.69) is 17.9 Å². The maximum Gasteiger partial charge on any atom is 0.190 e. The second-order valence-corrected chi connectivity index (χ2v) is 6.88. The first kappa shape index (κ1) is 18.0. The molecule has 0 radical (unpaired) electrons. The highest BCUT2D eigenvalue weighted by Crippen LogP contribution is 2.31. The zero-order valence-electron chi connectivity index (χ0n) is 15.8. The first-order valence-electron chi connectivity index (χ1n) is 9.59. The normalized spacial score (nSPS) is 11.1. The maximum absolute atomic E-state index is 12.4. The first-order chi connectivity index (χ1) is 13.7. The molecule has 0 unspecified atom stereocenters. The molecular weight excluding hydrogens is 350 g/mol. The van der Waals surface area contributed by atoms with Crippen molar-refractivity contribution in [2.75, 3.05) is 18.0 Å². The molecule has 2 aromatic carbocycles. The van der Waals surface area contributed by atoms with Crippen molar-refractivity contribution >= 4 is 27.6 Å². The number of anilines is 1. The van der Waals surface area contributed by atoms with Crippen molar-refractivity contribution in [3.63, 3.8) is 0 Å². The van der Waals surface area contributed by atoms with Crippen LogP contribution in [-0.4, -0.2) is 18.1 Å². The van der Waals surface area contributed by atoms with Crippen molar-refractivity contribution in [2.45, 2.75) is 26.2 Å². The molecule has 2 aliphatic rings. The van der Waals surface area contributed by atoms with Crippen molar-refractivity contribution in [1.29, 1.82) is 5.26 Å². The molecule has 0 N–H and O–H groups in total. The second kappa shape index (κ2) is 7.69. The van der Waals surface area contributed by atoms with Gasteiger partial charge in [-0.15, -0.1) is 0 Å². The van der Waals surface area contributed by atoms with Crippen LogP contribution in [0.2, 0.25) is 0 Å². The largest absolute Gasteiger partial charge is 0.453 e. The van der Waals surface area contributed by atoms with Crippen LogP contribution in [0.15, 0.2) is 57.7 Å². The molecule has 140 valence electrons. The standard InChI is InChI=1S/C23H21N3O2/c1-2-3-12-26(13-6-11-24)16-9-10-19-21(14-16)28-22-15-20(27)17-7-4-5-8-18(17)23(22)25-19/h4-5,7-10,14-15H,2-3,6,12-13H2,1H3. The lowest BCUT2D eigenvalue weighted by atomic mass is 10.0. The molecule has 0 amide bonds. The van der Waals surface area contributed by atoms with Gasteiger partial charge >= 0.3 is 0 Å². The van der Waals surface area contributed by atoms with E-state index in [1.54, 1.807) is 0 Å². The Bertz CT molecular complexity index is 1210. The van der Waals surface area contributed by atoms with Gasteiger partial charge in [0.25, 0.3) is 0 Å². The van der Waals surface area contributed by atoms with Crippen LogP contribution in [0.1, 0.15) is 26.2 Å². The zero-order valence-corrected chi connectivity index (χ0v) is 15.8. The lowest BCUT2D eigenvalue weighted by molar-refractivity contribution is 0.613. The van der Waals surface area contributed by atoms with Crippen molar-refractivity contribution in [1.82, 2.24) is 4.98 Å². The summed E-state index contributed by atoms with van der Waals surface area (Å²) in [5.74, 6) is 0.491. The number of rotatable bonds is 6. The predicted molar refractivity (Wildman–Crippen MR) is 112 cm³/mol. The Morgan fingerprint density at radius 3 is 2.71 bits per heavy atom. The van der Waals surface area contributed by atoms with Crippen LogP contribution >= 0.6 is 0 Å². The highest BCUT2D eigenvalue weighted by Gasteiger charge is 2.16. The number of aromatic nitrogens is 1. The Morgan fingerprint density at radius 1 is 1.11 bits per heavy atom. The second-order valence-electron chi connectivity index (χ2n) is 6.88. The summed E-state index contributed by atoms with van der Waals surface area (Å²) in [6.45, 7) is 3.72. The number of nitriles is 1. The van der Waals surface area contributed by atoms with Crippen molar-refractivity contribution in [2.24, 2.45) is 0 Å². The summed E-state index contributed by atoms with van der Waals surface area (Å²) < 4.78 is 6.08. The summed E-state index contributed by atoms with van der Waals surface area (Å²) in [7, 11) is 0. The van der Waals surface area contributed by atoms with E-state index < -0.39 is 0 Å². The third kappa shape index (κ3) is 3.29. The van der Waals surface area contributed by atoms with E-state index in [9.17, 15) is 4.79 Å². The third-order valence-corrected chi connectivity index (χ3v) is 4.98. The van der Waals surface area contributed by atoms with Crippen LogP contribution in [0, 0.1) is 11.3 Å². The maximum atomic E-state index is 12.4. The van der Waals surface area contributed by atoms with E-state index in [1.165, 1.54) is 6.07 Å². The summed E-state index contributed by atoms with van der Waals surface area (Å²) in [5, 5.41) is 10.4. The van der Waals surface area contributed by atoms with Crippen molar-refractivity contribution in [3.8, 4) is 17.5 Å². The molecule has 0 saturated carbocycles. The molecule has 1 aliphatic heterocycles. The van der Waals surface area contributed by atoms with Crippen LogP contribution in [0.25, 0.3) is 33.3 Å². The van der Waals surface area contributed by atoms with Crippen LogP contribution in [-0.2, 0) is 0 Å². The Hall–Kier alpha value is -3.39. The van der Waals surface area contributed by atoms with Gasteiger partial charge in [-0.25, -0.2) is 4.98 Å². The van der Waals surface area contributed by atoms with Crippen LogP contribution in [0.3, 0.4) is 0 Å². The van der Waals surface area contributed by atoms with Gasteiger partial charge in [-0.2, -0.15) is 5.26 Å². The van der Waals surface area contributed by atoms with E-state index in [0.29, 0.717) is 35.4 Å². The van der Waals surface area contributed by atoms with Gasteiger partial charge in [-0.05, 0) is 18.6 Å². The highest BCUT2D eigenvalue weighted by molar-refractivity contribution is 5.96. The fourth-order valence-corrected chi connectivity index (χ4v) is 3.51. The topological polar surface area (TPSA) is 70.1 Å². The molecule has 4 rings (SSSR count). The molecule has 0 saturated heterocycles. The van der Waals surface area contributed by atoms with E-state index in [-0.39, 0.29) is 5.43 Å². The van der Waals surface area contributed by atoms with Gasteiger partial charge in [0, 0.05) is 41.7 Å². The lowest BCUT2D eigenvalue weighted by Gasteiger charge is -2.24. The van der Waals surface area contributed by atoms with Crippen LogP contribution in [0.4, 0.5) is 5.69 Å². The Labute approximate surface area is 163 Å². The molecule has 1 aliphatic carbocycles. The van der Waals surface area contributed by atoms with Crippen LogP contribution < -0.4 is 10.3 Å². The van der Waals surface area contributed by atoms with Gasteiger partial charge in [-0.1, -0.05) is 37.6 Å². The minimum Gasteiger partial charge on any atom is -0.453 e. The first-order valence-corrected chi connectivity index (χ1v) is 9.59. The van der Waals surface area contributed by atoms with Gasteiger partial charge in [0.1, 0.15) is 11.2 Å². The molecule has 0 aromatic heterocycles. The fourth-order valence-electron chi connectivity index (χ4n) is 3.51. The lowest BCUT2D eigenvalue weighted by Crippen LogP contribution is -2.25. The number of unbranched alkanes of at least 4 members (excludes halogenated alkanes) is 1. The number of fused-ring (bicyclic) bond motifs is 4. The Balaban J connectivity index is 1.84. The number of nitrogens with zero attached hydrogens (tertiary/aromatic N) is 3. The van der Waals surface area contributed by atoms with Gasteiger partial charge in [-0.3, -0.25) is 4.79 Å². The summed E-state index contributed by atoms with van der Waals surface area (Å²) in [6, 6.07) is 17.1. The molecule has 0 atom stereocenters. The Morgan fingerprint density at radius 2 is 1.93 bits per heavy atom.